The van der Waals surface area contributed by atoms with Crippen LogP contribution in [0.4, 0.5) is 0 Å². The molecule has 0 atom stereocenters. The molecule has 1 aliphatic carbocycles. The van der Waals surface area contributed by atoms with Gasteiger partial charge in [-0.25, -0.2) is 0 Å². The number of piperidine rings is 1. The number of likely N-dealkylation sites (tertiary alicyclic amines) is 1. The van der Waals surface area contributed by atoms with Crippen molar-refractivity contribution in [3.05, 3.63) is 42.4 Å². The highest BCUT2D eigenvalue weighted by Crippen LogP contribution is 2.38. The summed E-state index contributed by atoms with van der Waals surface area (Å²) in [6.07, 6.45) is 14.9. The molecule has 1 saturated heterocycles. The predicted octanol–water partition coefficient (Wildman–Crippen LogP) is 7.17. The number of ether oxygens (including phenoxy) is 2. The summed E-state index contributed by atoms with van der Waals surface area (Å²) in [4.78, 5) is 2.34. The van der Waals surface area contributed by atoms with Crippen LogP contribution in [-0.2, 0) is 6.42 Å². The largest absolute Gasteiger partial charge is 0.490 e. The molecule has 0 unspecified atom stereocenters. The molecule has 0 spiro atoms. The molecule has 0 radical (unpaired) electrons. The summed E-state index contributed by atoms with van der Waals surface area (Å²) in [6.45, 7) is 4.29. The molecular weight excluding hydrogens is 523 g/mol. The first-order valence-electron chi connectivity index (χ1n) is 13.6. The molecule has 1 aliphatic heterocycles. The van der Waals surface area contributed by atoms with Crippen LogP contribution in [0.3, 0.4) is 0 Å². The first kappa shape index (κ1) is 30.2. The van der Waals surface area contributed by atoms with Crippen LogP contribution < -0.4 is 9.47 Å². The molecule has 2 fully saturated rings. The number of aromatic nitrogens is 3. The highest BCUT2D eigenvalue weighted by molar-refractivity contribution is 5.85. The van der Waals surface area contributed by atoms with Crippen molar-refractivity contribution in [2.45, 2.75) is 83.3 Å². The topological polar surface area (TPSA) is 73.5 Å². The van der Waals surface area contributed by atoms with Gasteiger partial charge < -0.3 is 18.9 Å². The van der Waals surface area contributed by atoms with E-state index in [9.17, 15) is 0 Å². The second-order valence-electron chi connectivity index (χ2n) is 10.3. The lowest BCUT2D eigenvalue weighted by Gasteiger charge is -2.29. The highest BCUT2D eigenvalue weighted by Gasteiger charge is 2.22. The molecule has 2 aliphatic rings. The van der Waals surface area contributed by atoms with Crippen LogP contribution >= 0.6 is 24.8 Å². The number of hydrogen-bond acceptors (Lipinski definition) is 7. The third-order valence-corrected chi connectivity index (χ3v) is 7.45. The Kier molecular flexibility index (Phi) is 11.7. The average Bonchev–Trinajstić information content (AvgIpc) is 3.45. The molecule has 1 saturated carbocycles. The summed E-state index contributed by atoms with van der Waals surface area (Å²) < 4.78 is 18.0. The van der Waals surface area contributed by atoms with Gasteiger partial charge in [-0.15, -0.1) is 29.9 Å². The van der Waals surface area contributed by atoms with E-state index in [0.717, 1.165) is 91.7 Å². The van der Waals surface area contributed by atoms with E-state index < -0.39 is 0 Å². The van der Waals surface area contributed by atoms with Crippen LogP contribution in [0, 0.1) is 0 Å². The van der Waals surface area contributed by atoms with Crippen LogP contribution in [0.2, 0.25) is 0 Å². The number of benzene rings is 1. The zero-order chi connectivity index (χ0) is 24.7. The fourth-order valence-electron chi connectivity index (χ4n) is 5.24. The number of hydrogen-bond donors (Lipinski definition) is 0. The number of rotatable bonds is 9. The second-order valence-corrected chi connectivity index (χ2v) is 10.3. The summed E-state index contributed by atoms with van der Waals surface area (Å²) >= 11 is 0. The Bertz CT molecular complexity index is 1120. The van der Waals surface area contributed by atoms with Crippen molar-refractivity contribution in [2.24, 2.45) is 0 Å². The molecule has 0 amide bonds. The van der Waals surface area contributed by atoms with Crippen molar-refractivity contribution in [2.75, 3.05) is 20.1 Å². The average molecular weight is 564 g/mol. The Morgan fingerprint density at radius 3 is 2.37 bits per heavy atom. The van der Waals surface area contributed by atoms with E-state index in [0.29, 0.717) is 5.88 Å². The van der Waals surface area contributed by atoms with Crippen molar-refractivity contribution in [3.63, 3.8) is 0 Å². The van der Waals surface area contributed by atoms with Gasteiger partial charge in [0, 0.05) is 35.8 Å². The van der Waals surface area contributed by atoms with E-state index in [1.165, 1.54) is 19.3 Å². The molecule has 3 aromatic rings. The summed E-state index contributed by atoms with van der Waals surface area (Å²) in [5.74, 6) is 1.49. The molecule has 2 aromatic heterocycles. The molecule has 208 valence electrons. The van der Waals surface area contributed by atoms with Crippen LogP contribution in [0.15, 0.2) is 41.2 Å². The van der Waals surface area contributed by atoms with Gasteiger partial charge in [-0.3, -0.25) is 0 Å². The van der Waals surface area contributed by atoms with E-state index in [2.05, 4.69) is 58.5 Å². The number of nitrogens with zero attached hydrogens (tertiary/aromatic N) is 4. The molecular formula is C29H40Cl2N4O3. The third kappa shape index (κ3) is 7.61. The third-order valence-electron chi connectivity index (χ3n) is 7.45. The van der Waals surface area contributed by atoms with E-state index >= 15 is 0 Å². The predicted molar refractivity (Wildman–Crippen MR) is 155 cm³/mol. The van der Waals surface area contributed by atoms with E-state index in [1.54, 1.807) is 12.5 Å². The molecule has 5 rings (SSSR count). The minimum atomic E-state index is 0. The zero-order valence-corrected chi connectivity index (χ0v) is 24.1. The summed E-state index contributed by atoms with van der Waals surface area (Å²) in [5.41, 5.74) is 5.07. The van der Waals surface area contributed by atoms with Crippen LogP contribution in [0.1, 0.15) is 70.4 Å². The normalized spacial score (nSPS) is 16.9. The monoisotopic (exact) mass is 562 g/mol. The first-order valence-corrected chi connectivity index (χ1v) is 13.6. The van der Waals surface area contributed by atoms with Gasteiger partial charge in [-0.1, -0.05) is 31.0 Å². The lowest BCUT2D eigenvalue weighted by atomic mass is 9.96. The van der Waals surface area contributed by atoms with Crippen molar-refractivity contribution in [3.8, 4) is 33.9 Å². The Morgan fingerprint density at radius 2 is 1.66 bits per heavy atom. The Morgan fingerprint density at radius 1 is 0.895 bits per heavy atom. The minimum absolute atomic E-state index is 0. The smallest absolute Gasteiger partial charge is 0.234 e. The van der Waals surface area contributed by atoms with Crippen molar-refractivity contribution < 1.29 is 14.0 Å². The van der Waals surface area contributed by atoms with Gasteiger partial charge in [-0.05, 0) is 76.1 Å². The lowest BCUT2D eigenvalue weighted by Crippen LogP contribution is -2.35. The maximum absolute atomic E-state index is 6.50. The quantitative estimate of drug-likeness (QED) is 0.273. The van der Waals surface area contributed by atoms with E-state index in [-0.39, 0.29) is 37.0 Å². The summed E-state index contributed by atoms with van der Waals surface area (Å²) in [6, 6.07) is 8.48. The fourth-order valence-corrected chi connectivity index (χ4v) is 5.24. The molecule has 1 aromatic carbocycles. The van der Waals surface area contributed by atoms with Crippen molar-refractivity contribution in [1.82, 2.24) is 20.3 Å². The summed E-state index contributed by atoms with van der Waals surface area (Å²) in [5, 5.41) is 13.1. The lowest BCUT2D eigenvalue weighted by molar-refractivity contribution is 0.109. The van der Waals surface area contributed by atoms with Gasteiger partial charge in [0.2, 0.25) is 5.88 Å². The standard InChI is InChI=1S/C29H38N4O3.2ClH/c1-3-4-10-27-25(18-29(32-31-27)36-24-13-15-33(2)16-14-24)21-11-12-28(35-23-8-6-5-7-9-23)26(17-21)22-19-30-34-20-22;;/h11-12,17-20,23-24H,3-10,13-16H2,1-2H3;2*1H. The highest BCUT2D eigenvalue weighted by atomic mass is 35.5. The molecule has 0 bridgehead atoms. The summed E-state index contributed by atoms with van der Waals surface area (Å²) in [7, 11) is 2.16. The fraction of sp³-hybridized carbons (Fsp3) is 0.552. The Hall–Kier alpha value is -2.35. The zero-order valence-electron chi connectivity index (χ0n) is 22.4. The van der Waals surface area contributed by atoms with Gasteiger partial charge in [0.25, 0.3) is 0 Å². The van der Waals surface area contributed by atoms with Gasteiger partial charge in [0.1, 0.15) is 18.1 Å². The number of halogens is 2. The molecule has 9 heteroatoms. The number of unbranched alkanes of at least 4 members (excludes halogenated alkanes) is 1. The van der Waals surface area contributed by atoms with Crippen LogP contribution in [0.25, 0.3) is 22.3 Å². The number of aryl methyl sites for hydroxylation is 1. The van der Waals surface area contributed by atoms with Crippen molar-refractivity contribution in [1.29, 1.82) is 0 Å². The molecule has 3 heterocycles. The minimum Gasteiger partial charge on any atom is -0.490 e. The second kappa shape index (κ2) is 14.7. The Balaban J connectivity index is 0.00000200. The van der Waals surface area contributed by atoms with Crippen LogP contribution in [0.5, 0.6) is 11.6 Å². The van der Waals surface area contributed by atoms with Crippen molar-refractivity contribution >= 4 is 24.8 Å². The maximum Gasteiger partial charge on any atom is 0.234 e. The van der Waals surface area contributed by atoms with Gasteiger partial charge >= 0.3 is 0 Å². The van der Waals surface area contributed by atoms with Gasteiger partial charge in [0.05, 0.1) is 18.0 Å². The maximum atomic E-state index is 6.50. The molecule has 7 nitrogen and oxygen atoms in total. The van der Waals surface area contributed by atoms with Gasteiger partial charge in [-0.2, -0.15) is 5.10 Å². The van der Waals surface area contributed by atoms with E-state index in [1.807, 2.05) is 0 Å². The first-order chi connectivity index (χ1) is 17.7. The molecule has 38 heavy (non-hydrogen) atoms. The molecule has 0 N–H and O–H groups in total. The van der Waals surface area contributed by atoms with Crippen LogP contribution in [-0.4, -0.2) is 52.6 Å². The Labute approximate surface area is 238 Å². The van der Waals surface area contributed by atoms with Gasteiger partial charge in [0.15, 0.2) is 0 Å². The SMILES string of the molecule is CCCCc1nnc(OC2CCN(C)CC2)cc1-c1ccc(OC2CCCCC2)c(-c2cnoc2)c1.Cl.Cl. The van der Waals surface area contributed by atoms with E-state index in [4.69, 9.17) is 14.0 Å².